The van der Waals surface area contributed by atoms with Crippen LogP contribution in [-0.4, -0.2) is 31.6 Å². The zero-order valence-electron chi connectivity index (χ0n) is 12.3. The molecule has 2 bridgehead atoms. The molecule has 1 fully saturated rings. The minimum Gasteiger partial charge on any atom is -0.497 e. The fraction of sp³-hybridized carbons (Fsp3) is 0.625. The third-order valence-corrected chi connectivity index (χ3v) is 5.49. The molecular weight excluding hydrogens is 273 g/mol. The van der Waals surface area contributed by atoms with Crippen LogP contribution in [0.3, 0.4) is 0 Å². The van der Waals surface area contributed by atoms with Gasteiger partial charge in [-0.15, -0.1) is 0 Å². The summed E-state index contributed by atoms with van der Waals surface area (Å²) >= 11 is 0. The van der Waals surface area contributed by atoms with Gasteiger partial charge in [-0.2, -0.15) is 0 Å². The Hall–Kier alpha value is -0.436. The van der Waals surface area contributed by atoms with Crippen molar-refractivity contribution in [3.63, 3.8) is 0 Å². The fourth-order valence-corrected chi connectivity index (χ4v) is 3.94. The summed E-state index contributed by atoms with van der Waals surface area (Å²) in [5.41, 5.74) is 3.37. The molecule has 0 spiro atoms. The van der Waals surface area contributed by atoms with Gasteiger partial charge in [0.15, 0.2) is 0 Å². The van der Waals surface area contributed by atoms with Gasteiger partial charge in [0, 0.05) is 24.6 Å². The molecule has 1 saturated heterocycles. The maximum atomic E-state index is 5.41. The van der Waals surface area contributed by atoms with Crippen molar-refractivity contribution in [2.24, 2.45) is 5.92 Å². The summed E-state index contributed by atoms with van der Waals surface area (Å²) in [5.74, 6) is 1.72. The number of methoxy groups -OCH3 is 1. The van der Waals surface area contributed by atoms with Gasteiger partial charge < -0.3 is 9.64 Å². The van der Waals surface area contributed by atoms with Crippen LogP contribution >= 0.6 is 0 Å². The number of nitrogens with zero attached hydrogens (tertiary/aromatic N) is 1. The molecule has 0 aromatic heterocycles. The second kappa shape index (κ2) is 5.16. The van der Waals surface area contributed by atoms with E-state index in [1.165, 1.54) is 30.5 Å². The van der Waals surface area contributed by atoms with E-state index in [0.29, 0.717) is 11.5 Å². The molecule has 1 aromatic carbocycles. The molecule has 1 aromatic rings. The SMILES string of the molecule is COc1ccc2c(c1)C1(C)CCN(C)C(C2)C1C.[V]. The average Bonchev–Trinajstić information content (AvgIpc) is 2.38. The van der Waals surface area contributed by atoms with Gasteiger partial charge in [-0.25, -0.2) is 0 Å². The van der Waals surface area contributed by atoms with Crippen molar-refractivity contribution < 1.29 is 23.3 Å². The largest absolute Gasteiger partial charge is 0.497 e. The first-order chi connectivity index (χ1) is 8.56. The minimum atomic E-state index is 0. The zero-order chi connectivity index (χ0) is 12.9. The van der Waals surface area contributed by atoms with E-state index in [1.54, 1.807) is 7.11 Å². The van der Waals surface area contributed by atoms with Gasteiger partial charge in [-0.3, -0.25) is 0 Å². The minimum absolute atomic E-state index is 0. The first-order valence-corrected chi connectivity index (χ1v) is 6.94. The normalized spacial score (nSPS) is 33.3. The number of hydrogen-bond donors (Lipinski definition) is 0. The number of likely N-dealkylation sites (N-methyl/N-ethyl adjacent to an activating group) is 1. The third kappa shape index (κ3) is 2.14. The molecule has 3 atom stereocenters. The maximum Gasteiger partial charge on any atom is 0.119 e. The van der Waals surface area contributed by atoms with Crippen LogP contribution in [0.5, 0.6) is 5.75 Å². The second-order valence-electron chi connectivity index (χ2n) is 6.23. The summed E-state index contributed by atoms with van der Waals surface area (Å²) in [6, 6.07) is 7.34. The monoisotopic (exact) mass is 296 g/mol. The standard InChI is InChI=1S/C16H23NO.V/c1-11-15-9-12-5-6-13(18-4)10-14(12)16(11,2)7-8-17(15)3;/h5-6,10-11,15H,7-9H2,1-4H3;. The molecule has 0 N–H and O–H groups in total. The molecule has 3 rings (SSSR count). The topological polar surface area (TPSA) is 12.5 Å². The average molecular weight is 296 g/mol. The Morgan fingerprint density at radius 2 is 2.11 bits per heavy atom. The number of fused-ring (bicyclic) bond motifs is 4. The summed E-state index contributed by atoms with van der Waals surface area (Å²) < 4.78 is 5.41. The van der Waals surface area contributed by atoms with E-state index in [2.05, 4.69) is 44.0 Å². The Morgan fingerprint density at radius 1 is 1.37 bits per heavy atom. The summed E-state index contributed by atoms with van der Waals surface area (Å²) in [7, 11) is 4.03. The van der Waals surface area contributed by atoms with Gasteiger partial charge in [0.25, 0.3) is 0 Å². The Balaban J connectivity index is 0.00000133. The zero-order valence-corrected chi connectivity index (χ0v) is 13.7. The van der Waals surface area contributed by atoms with Crippen LogP contribution in [0.2, 0.25) is 0 Å². The van der Waals surface area contributed by atoms with Crippen LogP contribution < -0.4 is 4.74 Å². The predicted octanol–water partition coefficient (Wildman–Crippen LogP) is 2.85. The molecule has 1 aliphatic heterocycles. The first kappa shape index (κ1) is 15.0. The summed E-state index contributed by atoms with van der Waals surface area (Å²) in [6.07, 6.45) is 2.44. The summed E-state index contributed by atoms with van der Waals surface area (Å²) in [6.45, 7) is 6.07. The number of ether oxygens (including phenoxy) is 1. The molecule has 1 heterocycles. The van der Waals surface area contributed by atoms with Crippen molar-refractivity contribution in [1.29, 1.82) is 0 Å². The molecule has 0 amide bonds. The fourth-order valence-electron chi connectivity index (χ4n) is 3.94. The van der Waals surface area contributed by atoms with Crippen molar-refractivity contribution in [2.75, 3.05) is 20.7 Å². The van der Waals surface area contributed by atoms with Crippen molar-refractivity contribution in [3.8, 4) is 5.75 Å². The van der Waals surface area contributed by atoms with Crippen molar-refractivity contribution in [3.05, 3.63) is 29.3 Å². The van der Waals surface area contributed by atoms with Crippen molar-refractivity contribution in [2.45, 2.75) is 38.1 Å². The Labute approximate surface area is 128 Å². The van der Waals surface area contributed by atoms with Crippen molar-refractivity contribution in [1.82, 2.24) is 4.90 Å². The number of piperidine rings is 1. The molecule has 1 aliphatic carbocycles. The van der Waals surface area contributed by atoms with Gasteiger partial charge in [0.1, 0.15) is 5.75 Å². The van der Waals surface area contributed by atoms with Gasteiger partial charge in [-0.05, 0) is 61.0 Å². The Morgan fingerprint density at radius 3 is 2.79 bits per heavy atom. The van der Waals surface area contributed by atoms with E-state index < -0.39 is 0 Å². The van der Waals surface area contributed by atoms with Gasteiger partial charge in [0.05, 0.1) is 7.11 Å². The molecular formula is C16H23NOV. The number of benzene rings is 1. The van der Waals surface area contributed by atoms with E-state index in [-0.39, 0.29) is 18.6 Å². The summed E-state index contributed by atoms with van der Waals surface area (Å²) in [4.78, 5) is 2.54. The van der Waals surface area contributed by atoms with E-state index >= 15 is 0 Å². The second-order valence-corrected chi connectivity index (χ2v) is 6.23. The number of likely N-dealkylation sites (tertiary alicyclic amines) is 1. The quantitative estimate of drug-likeness (QED) is 0.790. The Kier molecular flexibility index (Phi) is 4.06. The Bertz CT molecular complexity index is 476. The molecule has 3 heteroatoms. The van der Waals surface area contributed by atoms with Gasteiger partial charge in [-0.1, -0.05) is 19.9 Å². The van der Waals surface area contributed by atoms with Crippen LogP contribution in [0.1, 0.15) is 31.4 Å². The van der Waals surface area contributed by atoms with Crippen LogP contribution in [0.15, 0.2) is 18.2 Å². The molecule has 3 unspecified atom stereocenters. The van der Waals surface area contributed by atoms with E-state index in [4.69, 9.17) is 4.74 Å². The van der Waals surface area contributed by atoms with Crippen LogP contribution in [-0.2, 0) is 30.4 Å². The molecule has 103 valence electrons. The molecule has 1 radical (unpaired) electrons. The maximum absolute atomic E-state index is 5.41. The van der Waals surface area contributed by atoms with E-state index in [0.717, 1.165) is 11.7 Å². The number of rotatable bonds is 1. The smallest absolute Gasteiger partial charge is 0.119 e. The molecule has 2 aliphatic rings. The summed E-state index contributed by atoms with van der Waals surface area (Å²) in [5, 5.41) is 0. The molecule has 0 saturated carbocycles. The van der Waals surface area contributed by atoms with Crippen LogP contribution in [0.4, 0.5) is 0 Å². The molecule has 19 heavy (non-hydrogen) atoms. The predicted molar refractivity (Wildman–Crippen MR) is 74.2 cm³/mol. The van der Waals surface area contributed by atoms with Gasteiger partial charge in [0.2, 0.25) is 0 Å². The van der Waals surface area contributed by atoms with E-state index in [9.17, 15) is 0 Å². The first-order valence-electron chi connectivity index (χ1n) is 6.94. The molecule has 2 nitrogen and oxygen atoms in total. The van der Waals surface area contributed by atoms with Crippen LogP contribution in [0, 0.1) is 5.92 Å². The van der Waals surface area contributed by atoms with Crippen molar-refractivity contribution >= 4 is 0 Å². The third-order valence-electron chi connectivity index (χ3n) is 5.49. The van der Waals surface area contributed by atoms with Gasteiger partial charge >= 0.3 is 0 Å². The van der Waals surface area contributed by atoms with E-state index in [1.807, 2.05) is 0 Å². The number of hydrogen-bond acceptors (Lipinski definition) is 2. The van der Waals surface area contributed by atoms with Crippen LogP contribution in [0.25, 0.3) is 0 Å².